The zero-order valence-corrected chi connectivity index (χ0v) is 18.4. The molecule has 0 bridgehead atoms. The number of amides is 1. The maximum atomic E-state index is 12.8. The number of carbonyl (C=O) groups is 1. The number of piperidine rings is 1. The SMILES string of the molecule is O=C(NCc1ccnc(N2CCOCC2)c1)C1CCN(c2cc(-n3cncn3)ncn2)CC1. The molecule has 0 aromatic carbocycles. The summed E-state index contributed by atoms with van der Waals surface area (Å²) in [6, 6.07) is 5.90. The Morgan fingerprint density at radius 2 is 1.73 bits per heavy atom. The van der Waals surface area contributed by atoms with Gasteiger partial charge in [0.2, 0.25) is 5.91 Å². The fourth-order valence-corrected chi connectivity index (χ4v) is 4.20. The van der Waals surface area contributed by atoms with Crippen LogP contribution < -0.4 is 15.1 Å². The molecule has 0 atom stereocenters. The Labute approximate surface area is 191 Å². The van der Waals surface area contributed by atoms with Crippen molar-refractivity contribution in [2.24, 2.45) is 5.92 Å². The molecule has 0 aliphatic carbocycles. The van der Waals surface area contributed by atoms with Gasteiger partial charge in [0.15, 0.2) is 5.82 Å². The van der Waals surface area contributed by atoms with Crippen LogP contribution >= 0.6 is 0 Å². The lowest BCUT2D eigenvalue weighted by Crippen LogP contribution is -2.40. The Morgan fingerprint density at radius 1 is 0.970 bits per heavy atom. The Kier molecular flexibility index (Phi) is 6.38. The molecule has 2 fully saturated rings. The number of pyridine rings is 1. The summed E-state index contributed by atoms with van der Waals surface area (Å²) in [7, 11) is 0. The summed E-state index contributed by atoms with van der Waals surface area (Å²) in [6.45, 7) is 5.16. The first-order valence-corrected chi connectivity index (χ1v) is 11.2. The molecule has 5 heterocycles. The van der Waals surface area contributed by atoms with Gasteiger partial charge in [-0.25, -0.2) is 24.6 Å². The molecule has 0 spiro atoms. The lowest BCUT2D eigenvalue weighted by Gasteiger charge is -2.32. The summed E-state index contributed by atoms with van der Waals surface area (Å²) >= 11 is 0. The Balaban J connectivity index is 1.13. The second kappa shape index (κ2) is 9.90. The fourth-order valence-electron chi connectivity index (χ4n) is 4.20. The van der Waals surface area contributed by atoms with Crippen molar-refractivity contribution < 1.29 is 9.53 Å². The molecular weight excluding hydrogens is 422 g/mol. The van der Waals surface area contributed by atoms with Crippen molar-refractivity contribution in [2.75, 3.05) is 49.2 Å². The first kappa shape index (κ1) is 21.3. The molecule has 3 aromatic rings. The van der Waals surface area contributed by atoms with E-state index >= 15 is 0 Å². The van der Waals surface area contributed by atoms with E-state index in [4.69, 9.17) is 4.74 Å². The van der Waals surface area contributed by atoms with Crippen molar-refractivity contribution in [3.8, 4) is 5.82 Å². The van der Waals surface area contributed by atoms with Crippen LogP contribution in [0.25, 0.3) is 5.82 Å². The summed E-state index contributed by atoms with van der Waals surface area (Å²) in [5.41, 5.74) is 1.05. The van der Waals surface area contributed by atoms with Crippen LogP contribution in [-0.4, -0.2) is 75.0 Å². The van der Waals surface area contributed by atoms with Crippen LogP contribution in [0.5, 0.6) is 0 Å². The monoisotopic (exact) mass is 449 g/mol. The topological polar surface area (TPSA) is 114 Å². The summed E-state index contributed by atoms with van der Waals surface area (Å²) in [5, 5.41) is 7.23. The van der Waals surface area contributed by atoms with Crippen molar-refractivity contribution >= 4 is 17.5 Å². The third kappa shape index (κ3) is 5.08. The van der Waals surface area contributed by atoms with E-state index in [1.54, 1.807) is 17.2 Å². The summed E-state index contributed by atoms with van der Waals surface area (Å²) in [6.07, 6.45) is 7.98. The van der Waals surface area contributed by atoms with E-state index in [9.17, 15) is 4.79 Å². The van der Waals surface area contributed by atoms with Crippen molar-refractivity contribution in [2.45, 2.75) is 19.4 Å². The fraction of sp³-hybridized carbons (Fsp3) is 0.455. The molecular formula is C22H27N9O2. The molecule has 33 heavy (non-hydrogen) atoms. The number of nitrogens with zero attached hydrogens (tertiary/aromatic N) is 8. The van der Waals surface area contributed by atoms with Crippen LogP contribution in [0.15, 0.2) is 43.4 Å². The zero-order valence-electron chi connectivity index (χ0n) is 18.4. The molecule has 2 aliphatic rings. The smallest absolute Gasteiger partial charge is 0.223 e. The highest BCUT2D eigenvalue weighted by molar-refractivity contribution is 5.79. The van der Waals surface area contributed by atoms with E-state index in [1.165, 1.54) is 12.7 Å². The van der Waals surface area contributed by atoms with Gasteiger partial charge in [-0.3, -0.25) is 4.79 Å². The van der Waals surface area contributed by atoms with Gasteiger partial charge < -0.3 is 19.9 Å². The Hall–Kier alpha value is -3.60. The van der Waals surface area contributed by atoms with E-state index in [0.29, 0.717) is 12.4 Å². The normalized spacial score (nSPS) is 17.2. The van der Waals surface area contributed by atoms with Gasteiger partial charge in [0.1, 0.15) is 30.6 Å². The van der Waals surface area contributed by atoms with Gasteiger partial charge >= 0.3 is 0 Å². The second-order valence-electron chi connectivity index (χ2n) is 8.18. The predicted molar refractivity (Wildman–Crippen MR) is 121 cm³/mol. The molecule has 2 saturated heterocycles. The number of hydrogen-bond donors (Lipinski definition) is 1. The summed E-state index contributed by atoms with van der Waals surface area (Å²) in [4.78, 5) is 34.3. The molecule has 0 unspecified atom stereocenters. The molecule has 1 amide bonds. The number of morpholine rings is 1. The molecule has 0 saturated carbocycles. The first-order valence-electron chi connectivity index (χ1n) is 11.2. The highest BCUT2D eigenvalue weighted by Crippen LogP contribution is 2.23. The van der Waals surface area contributed by atoms with E-state index in [-0.39, 0.29) is 11.8 Å². The largest absolute Gasteiger partial charge is 0.378 e. The maximum Gasteiger partial charge on any atom is 0.223 e. The van der Waals surface area contributed by atoms with E-state index < -0.39 is 0 Å². The number of anilines is 2. The Bertz CT molecular complexity index is 1060. The number of nitrogens with one attached hydrogen (secondary N) is 1. The highest BCUT2D eigenvalue weighted by atomic mass is 16.5. The van der Waals surface area contributed by atoms with Crippen molar-refractivity contribution in [1.82, 2.24) is 35.0 Å². The molecule has 5 rings (SSSR count). The number of ether oxygens (including phenoxy) is 1. The third-order valence-electron chi connectivity index (χ3n) is 6.09. The Morgan fingerprint density at radius 3 is 2.52 bits per heavy atom. The van der Waals surface area contributed by atoms with Gasteiger partial charge in [-0.1, -0.05) is 0 Å². The third-order valence-corrected chi connectivity index (χ3v) is 6.09. The van der Waals surface area contributed by atoms with Gasteiger partial charge in [-0.2, -0.15) is 5.10 Å². The number of rotatable bonds is 6. The lowest BCUT2D eigenvalue weighted by atomic mass is 9.96. The molecule has 11 nitrogen and oxygen atoms in total. The lowest BCUT2D eigenvalue weighted by molar-refractivity contribution is -0.125. The minimum atomic E-state index is -0.00146. The zero-order chi connectivity index (χ0) is 22.5. The van der Waals surface area contributed by atoms with Crippen LogP contribution in [0, 0.1) is 5.92 Å². The van der Waals surface area contributed by atoms with E-state index in [2.05, 4.69) is 46.2 Å². The summed E-state index contributed by atoms with van der Waals surface area (Å²) in [5.74, 6) is 2.55. The summed E-state index contributed by atoms with van der Waals surface area (Å²) < 4.78 is 7.02. The van der Waals surface area contributed by atoms with Gasteiger partial charge in [0.25, 0.3) is 0 Å². The maximum absolute atomic E-state index is 12.8. The molecule has 3 aromatic heterocycles. The first-order chi connectivity index (χ1) is 16.3. The van der Waals surface area contributed by atoms with Crippen molar-refractivity contribution in [3.63, 3.8) is 0 Å². The average molecular weight is 450 g/mol. The van der Waals surface area contributed by atoms with Crippen LogP contribution in [-0.2, 0) is 16.1 Å². The van der Waals surface area contributed by atoms with Crippen LogP contribution in [0.1, 0.15) is 18.4 Å². The number of aromatic nitrogens is 6. The predicted octanol–water partition coefficient (Wildman–Crippen LogP) is 0.822. The minimum absolute atomic E-state index is 0.00146. The molecule has 172 valence electrons. The minimum Gasteiger partial charge on any atom is -0.378 e. The van der Waals surface area contributed by atoms with Gasteiger partial charge in [-0.05, 0) is 30.5 Å². The van der Waals surface area contributed by atoms with E-state index in [0.717, 1.165) is 69.4 Å². The van der Waals surface area contributed by atoms with E-state index in [1.807, 2.05) is 12.1 Å². The molecule has 11 heteroatoms. The van der Waals surface area contributed by atoms with Crippen molar-refractivity contribution in [1.29, 1.82) is 0 Å². The second-order valence-corrected chi connectivity index (χ2v) is 8.18. The standard InChI is InChI=1S/C22H27N9O2/c32-22(25-13-17-1-4-24-19(11-17)30-7-9-33-10-8-30)18-2-5-29(6-3-18)20-12-21(27-15-26-20)31-16-23-14-28-31/h1,4,11-12,14-16,18H,2-3,5-10,13H2,(H,25,32). The van der Waals surface area contributed by atoms with Gasteiger partial charge in [0.05, 0.1) is 13.2 Å². The molecule has 0 radical (unpaired) electrons. The van der Waals surface area contributed by atoms with Crippen LogP contribution in [0.4, 0.5) is 11.6 Å². The van der Waals surface area contributed by atoms with Crippen LogP contribution in [0.3, 0.4) is 0 Å². The van der Waals surface area contributed by atoms with Gasteiger partial charge in [-0.15, -0.1) is 0 Å². The quantitative estimate of drug-likeness (QED) is 0.584. The molecule has 2 aliphatic heterocycles. The number of carbonyl (C=O) groups excluding carboxylic acids is 1. The molecule has 1 N–H and O–H groups in total. The van der Waals surface area contributed by atoms with Crippen molar-refractivity contribution in [3.05, 3.63) is 48.9 Å². The number of hydrogen-bond acceptors (Lipinski definition) is 9. The average Bonchev–Trinajstić information content (AvgIpc) is 3.43. The van der Waals surface area contributed by atoms with Crippen LogP contribution in [0.2, 0.25) is 0 Å². The van der Waals surface area contributed by atoms with Gasteiger partial charge in [0, 0.05) is 50.9 Å². The highest BCUT2D eigenvalue weighted by Gasteiger charge is 2.26.